The van der Waals surface area contributed by atoms with E-state index in [0.29, 0.717) is 6.07 Å². The van der Waals surface area contributed by atoms with Crippen LogP contribution in [-0.2, 0) is 16.0 Å². The molecular weight excluding hydrogens is 412 g/mol. The highest BCUT2D eigenvalue weighted by Gasteiger charge is 2.36. The lowest BCUT2D eigenvalue weighted by Gasteiger charge is -2.11. The lowest BCUT2D eigenvalue weighted by atomic mass is 10.2. The Morgan fingerprint density at radius 2 is 2.14 bits per heavy atom. The first-order valence-electron chi connectivity index (χ1n) is 5.39. The second-order valence-electron chi connectivity index (χ2n) is 3.54. The van der Waals surface area contributed by atoms with Gasteiger partial charge in [-0.1, -0.05) is 0 Å². The Balaban J connectivity index is 3.20. The Kier molecular flexibility index (Phi) is 5.69. The van der Waals surface area contributed by atoms with Crippen LogP contribution < -0.4 is 4.74 Å². The van der Waals surface area contributed by atoms with Crippen LogP contribution in [0.5, 0.6) is 5.75 Å². The van der Waals surface area contributed by atoms with Gasteiger partial charge in [0.1, 0.15) is 0 Å². The van der Waals surface area contributed by atoms with Crippen molar-refractivity contribution >= 4 is 34.2 Å². The first-order chi connectivity index (χ1) is 9.64. The van der Waals surface area contributed by atoms with Gasteiger partial charge >= 0.3 is 18.0 Å². The maximum Gasteiger partial charge on any atom is 0.573 e. The lowest BCUT2D eigenvalue weighted by molar-refractivity contribution is -0.390. The van der Waals surface area contributed by atoms with Gasteiger partial charge in [-0.2, -0.15) is 0 Å². The summed E-state index contributed by atoms with van der Waals surface area (Å²) in [5.41, 5.74) is -1.04. The largest absolute Gasteiger partial charge is 0.573 e. The Hall–Kier alpha value is -1.66. The maximum absolute atomic E-state index is 12.3. The normalized spacial score (nSPS) is 11.1. The summed E-state index contributed by atoms with van der Waals surface area (Å²) in [6.07, 6.45) is -5.52. The van der Waals surface area contributed by atoms with E-state index in [9.17, 15) is 28.1 Å². The van der Waals surface area contributed by atoms with Gasteiger partial charge in [-0.15, -0.1) is 13.2 Å². The Morgan fingerprint density at radius 3 is 2.62 bits per heavy atom. The monoisotopic (exact) mass is 420 g/mol. The molecule has 11 heteroatoms. The van der Waals surface area contributed by atoms with Crippen molar-refractivity contribution in [2.45, 2.75) is 19.7 Å². The van der Waals surface area contributed by atoms with E-state index in [4.69, 9.17) is 0 Å². The molecule has 0 bridgehead atoms. The van der Waals surface area contributed by atoms with Gasteiger partial charge in [0, 0.05) is 6.07 Å². The van der Waals surface area contributed by atoms with Crippen molar-refractivity contribution in [1.82, 2.24) is 4.98 Å². The summed E-state index contributed by atoms with van der Waals surface area (Å²) < 4.78 is 44.7. The number of alkyl halides is 3. The molecule has 0 amide bonds. The van der Waals surface area contributed by atoms with E-state index in [1.165, 1.54) is 22.6 Å². The molecule has 0 aliphatic heterocycles. The first kappa shape index (κ1) is 17.4. The van der Waals surface area contributed by atoms with Gasteiger partial charge in [-0.3, -0.25) is 14.9 Å². The topological polar surface area (TPSA) is 91.6 Å². The number of hydrogen-bond donors (Lipinski definition) is 0. The van der Waals surface area contributed by atoms with E-state index in [-0.39, 0.29) is 16.0 Å². The van der Waals surface area contributed by atoms with Crippen LogP contribution in [0.2, 0.25) is 0 Å². The molecular formula is C10H8F3IN2O5. The van der Waals surface area contributed by atoms with Crippen LogP contribution in [0.1, 0.15) is 12.6 Å². The molecule has 0 radical (unpaired) electrons. The van der Waals surface area contributed by atoms with Crippen molar-refractivity contribution in [1.29, 1.82) is 0 Å². The third-order valence-corrected chi connectivity index (χ3v) is 2.76. The third kappa shape index (κ3) is 5.32. The molecule has 1 aromatic heterocycles. The summed E-state index contributed by atoms with van der Waals surface area (Å²) in [5.74, 6) is -1.74. The standard InChI is InChI=1S/C10H8F3IN2O5/c1-2-20-7(17)4-5-3-6(21-10(11,12)13)8(16(18)19)9(14)15-5/h3H,2,4H2,1H3. The summed E-state index contributed by atoms with van der Waals surface area (Å²) in [6.45, 7) is 1.65. The van der Waals surface area contributed by atoms with Crippen molar-refractivity contribution in [3.63, 3.8) is 0 Å². The number of halogens is 4. The predicted molar refractivity (Wildman–Crippen MR) is 70.6 cm³/mol. The molecule has 0 saturated carbocycles. The zero-order chi connectivity index (χ0) is 16.2. The molecule has 0 unspecified atom stereocenters. The molecule has 0 aliphatic rings. The fourth-order valence-corrected chi connectivity index (χ4v) is 2.12. The summed E-state index contributed by atoms with van der Waals surface area (Å²) in [5, 5.41) is 10.8. The SMILES string of the molecule is CCOC(=O)Cc1cc(OC(F)(F)F)c([N+](=O)[O-])c(I)n1. The number of aromatic nitrogens is 1. The van der Waals surface area contributed by atoms with Crippen LogP contribution in [0, 0.1) is 13.8 Å². The molecule has 116 valence electrons. The maximum atomic E-state index is 12.3. The van der Waals surface area contributed by atoms with Crippen molar-refractivity contribution in [3.8, 4) is 5.75 Å². The molecule has 21 heavy (non-hydrogen) atoms. The molecule has 0 aliphatic carbocycles. The van der Waals surface area contributed by atoms with Gasteiger partial charge in [0.15, 0.2) is 3.70 Å². The molecule has 0 saturated heterocycles. The number of esters is 1. The minimum Gasteiger partial charge on any atom is -0.466 e. The zero-order valence-corrected chi connectivity index (χ0v) is 12.6. The summed E-state index contributed by atoms with van der Waals surface area (Å²) in [6, 6.07) is 0.699. The van der Waals surface area contributed by atoms with Crippen LogP contribution in [0.3, 0.4) is 0 Å². The minimum atomic E-state index is -5.10. The molecule has 0 fully saturated rings. The third-order valence-electron chi connectivity index (χ3n) is 2.01. The van der Waals surface area contributed by atoms with E-state index < -0.39 is 35.1 Å². The number of hydrogen-bond acceptors (Lipinski definition) is 6. The number of nitrogens with zero attached hydrogens (tertiary/aromatic N) is 2. The van der Waals surface area contributed by atoms with Gasteiger partial charge in [0.25, 0.3) is 0 Å². The quantitative estimate of drug-likeness (QED) is 0.239. The van der Waals surface area contributed by atoms with Gasteiger partial charge in [0.2, 0.25) is 5.75 Å². The number of carbonyl (C=O) groups is 1. The first-order valence-corrected chi connectivity index (χ1v) is 6.47. The van der Waals surface area contributed by atoms with Crippen molar-refractivity contribution < 1.29 is 32.4 Å². The number of ether oxygens (including phenoxy) is 2. The van der Waals surface area contributed by atoms with Crippen LogP contribution in [0.4, 0.5) is 18.9 Å². The van der Waals surface area contributed by atoms with Gasteiger partial charge in [-0.25, -0.2) is 4.98 Å². The summed E-state index contributed by atoms with van der Waals surface area (Å²) in [7, 11) is 0. The number of rotatable bonds is 5. The number of pyridine rings is 1. The summed E-state index contributed by atoms with van der Waals surface area (Å²) >= 11 is 1.39. The molecule has 1 heterocycles. The minimum absolute atomic E-state index is 0.0921. The van der Waals surface area contributed by atoms with Crippen molar-refractivity contribution in [2.75, 3.05) is 6.61 Å². The Labute approximate surface area is 129 Å². The van der Waals surface area contributed by atoms with Gasteiger partial charge < -0.3 is 9.47 Å². The summed E-state index contributed by atoms with van der Waals surface area (Å²) in [4.78, 5) is 24.7. The molecule has 7 nitrogen and oxygen atoms in total. The van der Waals surface area contributed by atoms with Crippen LogP contribution >= 0.6 is 22.6 Å². The molecule has 0 N–H and O–H groups in total. The average Bonchev–Trinajstić information content (AvgIpc) is 2.24. The smallest absolute Gasteiger partial charge is 0.466 e. The number of carbonyl (C=O) groups excluding carboxylic acids is 1. The zero-order valence-electron chi connectivity index (χ0n) is 10.4. The van der Waals surface area contributed by atoms with E-state index >= 15 is 0 Å². The van der Waals surface area contributed by atoms with Gasteiger partial charge in [0.05, 0.1) is 23.6 Å². The van der Waals surface area contributed by atoms with E-state index in [2.05, 4.69) is 14.5 Å². The van der Waals surface area contributed by atoms with Crippen LogP contribution in [0.15, 0.2) is 6.07 Å². The Morgan fingerprint density at radius 1 is 1.52 bits per heavy atom. The average molecular weight is 420 g/mol. The molecule has 1 rings (SSSR count). The second-order valence-corrected chi connectivity index (χ2v) is 4.56. The molecule has 0 aromatic carbocycles. The van der Waals surface area contributed by atoms with Crippen LogP contribution in [0.25, 0.3) is 0 Å². The van der Waals surface area contributed by atoms with Gasteiger partial charge in [-0.05, 0) is 29.5 Å². The van der Waals surface area contributed by atoms with E-state index in [1.807, 2.05) is 0 Å². The highest BCUT2D eigenvalue weighted by Crippen LogP contribution is 2.35. The lowest BCUT2D eigenvalue weighted by Crippen LogP contribution is -2.19. The van der Waals surface area contributed by atoms with Crippen LogP contribution in [-0.4, -0.2) is 28.8 Å². The fourth-order valence-electron chi connectivity index (χ4n) is 1.35. The second kappa shape index (κ2) is 6.87. The van der Waals surface area contributed by atoms with E-state index in [1.54, 1.807) is 6.92 Å². The highest BCUT2D eigenvalue weighted by molar-refractivity contribution is 14.1. The predicted octanol–water partition coefficient (Wildman–Crippen LogP) is 2.60. The molecule has 0 spiro atoms. The highest BCUT2D eigenvalue weighted by atomic mass is 127. The molecule has 0 atom stereocenters. The van der Waals surface area contributed by atoms with Crippen molar-refractivity contribution in [2.24, 2.45) is 0 Å². The number of nitro groups is 1. The fraction of sp³-hybridized carbons (Fsp3) is 0.400. The van der Waals surface area contributed by atoms with Crippen molar-refractivity contribution in [3.05, 3.63) is 25.6 Å². The van der Waals surface area contributed by atoms with E-state index in [0.717, 1.165) is 0 Å². The molecule has 1 aromatic rings. The Bertz CT molecular complexity index is 564.